The molecule has 0 heterocycles. The van der Waals surface area contributed by atoms with Gasteiger partial charge < -0.3 is 10.4 Å². The molecule has 0 spiro atoms. The first-order chi connectivity index (χ1) is 3.84. The lowest BCUT2D eigenvalue weighted by Gasteiger charge is -2.11. The summed E-state index contributed by atoms with van der Waals surface area (Å²) in [7, 11) is 1.90. The summed E-state index contributed by atoms with van der Waals surface area (Å²) in [5.74, 6) is 0. The summed E-state index contributed by atoms with van der Waals surface area (Å²) in [4.78, 5) is 0. The fourth-order valence-corrected chi connectivity index (χ4v) is 1.28. The highest BCUT2D eigenvalue weighted by Gasteiger charge is 2.22. The van der Waals surface area contributed by atoms with Gasteiger partial charge in [0, 0.05) is 6.04 Å². The Morgan fingerprint density at radius 2 is 2.25 bits per heavy atom. The summed E-state index contributed by atoms with van der Waals surface area (Å²) in [5, 5.41) is 12.2. The van der Waals surface area contributed by atoms with Crippen LogP contribution in [0.4, 0.5) is 0 Å². The third-order valence-corrected chi connectivity index (χ3v) is 1.85. The van der Waals surface area contributed by atoms with E-state index in [1.165, 1.54) is 6.42 Å². The van der Waals surface area contributed by atoms with Crippen molar-refractivity contribution in [3.8, 4) is 0 Å². The first-order valence-corrected chi connectivity index (χ1v) is 3.20. The molecule has 0 aromatic heterocycles. The Kier molecular flexibility index (Phi) is 1.86. The average molecular weight is 115 g/mol. The molecular formula is C6H13NO. The molecule has 1 aliphatic carbocycles. The minimum absolute atomic E-state index is 0.0833. The summed E-state index contributed by atoms with van der Waals surface area (Å²) >= 11 is 0. The van der Waals surface area contributed by atoms with E-state index in [0.717, 1.165) is 12.8 Å². The van der Waals surface area contributed by atoms with Crippen LogP contribution in [0.15, 0.2) is 0 Å². The van der Waals surface area contributed by atoms with E-state index in [1.807, 2.05) is 7.05 Å². The molecule has 0 aliphatic heterocycles. The minimum atomic E-state index is -0.0833. The first kappa shape index (κ1) is 6.05. The van der Waals surface area contributed by atoms with Crippen LogP contribution in [0, 0.1) is 0 Å². The molecule has 1 saturated carbocycles. The second-order valence-corrected chi connectivity index (χ2v) is 2.39. The molecule has 2 heteroatoms. The maximum absolute atomic E-state index is 9.13. The van der Waals surface area contributed by atoms with Gasteiger partial charge in [-0.1, -0.05) is 0 Å². The van der Waals surface area contributed by atoms with E-state index in [2.05, 4.69) is 5.32 Å². The van der Waals surface area contributed by atoms with Gasteiger partial charge in [-0.2, -0.15) is 0 Å². The Morgan fingerprint density at radius 1 is 1.50 bits per heavy atom. The largest absolute Gasteiger partial charge is 0.392 e. The molecule has 0 aromatic carbocycles. The zero-order valence-electron chi connectivity index (χ0n) is 5.22. The molecule has 8 heavy (non-hydrogen) atoms. The molecular weight excluding hydrogens is 102 g/mol. The fraction of sp³-hybridized carbons (Fsp3) is 1.00. The molecule has 2 N–H and O–H groups in total. The Hall–Kier alpha value is -0.0800. The predicted octanol–water partition coefficient (Wildman–Crippen LogP) is 0.119. The first-order valence-electron chi connectivity index (χ1n) is 3.20. The summed E-state index contributed by atoms with van der Waals surface area (Å²) in [6.45, 7) is 0. The average Bonchev–Trinajstić information content (AvgIpc) is 2.14. The quantitative estimate of drug-likeness (QED) is 0.508. The summed E-state index contributed by atoms with van der Waals surface area (Å²) in [5.41, 5.74) is 0. The van der Waals surface area contributed by atoms with Crippen molar-refractivity contribution < 1.29 is 5.11 Å². The highest BCUT2D eigenvalue weighted by Crippen LogP contribution is 2.17. The van der Waals surface area contributed by atoms with Crippen LogP contribution in [0.1, 0.15) is 19.3 Å². The van der Waals surface area contributed by atoms with Crippen LogP contribution in [-0.4, -0.2) is 24.3 Å². The second-order valence-electron chi connectivity index (χ2n) is 2.39. The number of aliphatic hydroxyl groups is 1. The zero-order valence-corrected chi connectivity index (χ0v) is 5.22. The normalized spacial score (nSPS) is 38.2. The van der Waals surface area contributed by atoms with Gasteiger partial charge in [-0.05, 0) is 26.3 Å². The van der Waals surface area contributed by atoms with E-state index in [0.29, 0.717) is 6.04 Å². The summed E-state index contributed by atoms with van der Waals surface area (Å²) in [6.07, 6.45) is 3.20. The SMILES string of the molecule is CN[C@@H]1CCC[C@@H]1O. The van der Waals surface area contributed by atoms with Crippen molar-refractivity contribution in [2.45, 2.75) is 31.4 Å². The van der Waals surface area contributed by atoms with Crippen molar-refractivity contribution in [3.05, 3.63) is 0 Å². The fourth-order valence-electron chi connectivity index (χ4n) is 1.28. The molecule has 2 nitrogen and oxygen atoms in total. The number of hydrogen-bond acceptors (Lipinski definition) is 2. The molecule has 0 radical (unpaired) electrons. The molecule has 0 saturated heterocycles. The highest BCUT2D eigenvalue weighted by atomic mass is 16.3. The van der Waals surface area contributed by atoms with E-state index >= 15 is 0 Å². The lowest BCUT2D eigenvalue weighted by molar-refractivity contribution is 0.153. The summed E-state index contributed by atoms with van der Waals surface area (Å²) < 4.78 is 0. The van der Waals surface area contributed by atoms with Crippen LogP contribution >= 0.6 is 0 Å². The maximum Gasteiger partial charge on any atom is 0.0693 e. The molecule has 0 aromatic rings. The molecule has 48 valence electrons. The van der Waals surface area contributed by atoms with Crippen molar-refractivity contribution in [3.63, 3.8) is 0 Å². The molecule has 2 atom stereocenters. The molecule has 0 bridgehead atoms. The van der Waals surface area contributed by atoms with Crippen LogP contribution in [0.25, 0.3) is 0 Å². The molecule has 0 amide bonds. The van der Waals surface area contributed by atoms with E-state index in [-0.39, 0.29) is 6.10 Å². The van der Waals surface area contributed by atoms with Crippen molar-refractivity contribution in [2.75, 3.05) is 7.05 Å². The van der Waals surface area contributed by atoms with Gasteiger partial charge in [0.2, 0.25) is 0 Å². The second kappa shape index (κ2) is 2.46. The van der Waals surface area contributed by atoms with Crippen LogP contribution < -0.4 is 5.32 Å². The van der Waals surface area contributed by atoms with Crippen molar-refractivity contribution in [2.24, 2.45) is 0 Å². The van der Waals surface area contributed by atoms with Crippen molar-refractivity contribution >= 4 is 0 Å². The van der Waals surface area contributed by atoms with E-state index in [4.69, 9.17) is 5.11 Å². The predicted molar refractivity (Wildman–Crippen MR) is 32.7 cm³/mol. The van der Waals surface area contributed by atoms with Gasteiger partial charge in [0.05, 0.1) is 6.10 Å². The number of hydrogen-bond donors (Lipinski definition) is 2. The van der Waals surface area contributed by atoms with Gasteiger partial charge >= 0.3 is 0 Å². The van der Waals surface area contributed by atoms with Crippen molar-refractivity contribution in [1.29, 1.82) is 0 Å². The lowest BCUT2D eigenvalue weighted by Crippen LogP contribution is -2.32. The lowest BCUT2D eigenvalue weighted by atomic mass is 10.2. The van der Waals surface area contributed by atoms with Gasteiger partial charge in [-0.15, -0.1) is 0 Å². The minimum Gasteiger partial charge on any atom is -0.392 e. The van der Waals surface area contributed by atoms with Gasteiger partial charge in [0.15, 0.2) is 0 Å². The van der Waals surface area contributed by atoms with E-state index in [1.54, 1.807) is 0 Å². The van der Waals surface area contributed by atoms with Gasteiger partial charge in [0.1, 0.15) is 0 Å². The summed E-state index contributed by atoms with van der Waals surface area (Å²) in [6, 6.07) is 0.370. The molecule has 1 aliphatic rings. The maximum atomic E-state index is 9.13. The van der Waals surface area contributed by atoms with Crippen molar-refractivity contribution in [1.82, 2.24) is 5.32 Å². The highest BCUT2D eigenvalue weighted by molar-refractivity contribution is 4.80. The third kappa shape index (κ3) is 1.01. The Bertz CT molecular complexity index is 74.9. The standard InChI is InChI=1S/C6H13NO/c1-7-5-3-2-4-6(5)8/h5-8H,2-4H2,1H3/t5-,6+/m1/s1. The van der Waals surface area contributed by atoms with Gasteiger partial charge in [0.25, 0.3) is 0 Å². The Balaban J connectivity index is 2.30. The topological polar surface area (TPSA) is 32.3 Å². The molecule has 1 fully saturated rings. The van der Waals surface area contributed by atoms with Crippen LogP contribution in [0.3, 0.4) is 0 Å². The Labute approximate surface area is 49.9 Å². The number of rotatable bonds is 1. The van der Waals surface area contributed by atoms with E-state index in [9.17, 15) is 0 Å². The zero-order chi connectivity index (χ0) is 5.98. The van der Waals surface area contributed by atoms with E-state index < -0.39 is 0 Å². The van der Waals surface area contributed by atoms with Crippen LogP contribution in [-0.2, 0) is 0 Å². The van der Waals surface area contributed by atoms with Crippen LogP contribution in [0.5, 0.6) is 0 Å². The molecule has 1 rings (SSSR count). The van der Waals surface area contributed by atoms with Gasteiger partial charge in [-0.3, -0.25) is 0 Å². The number of aliphatic hydroxyl groups excluding tert-OH is 1. The smallest absolute Gasteiger partial charge is 0.0693 e. The third-order valence-electron chi connectivity index (χ3n) is 1.85. The molecule has 0 unspecified atom stereocenters. The van der Waals surface area contributed by atoms with Crippen LogP contribution in [0.2, 0.25) is 0 Å². The Morgan fingerprint density at radius 3 is 2.50 bits per heavy atom. The number of likely N-dealkylation sites (N-methyl/N-ethyl adjacent to an activating group) is 1. The monoisotopic (exact) mass is 115 g/mol. The number of nitrogens with one attached hydrogen (secondary N) is 1. The van der Waals surface area contributed by atoms with Gasteiger partial charge in [-0.25, -0.2) is 0 Å².